The third-order valence-corrected chi connectivity index (χ3v) is 3.43. The normalized spacial score (nSPS) is 12.6. The summed E-state index contributed by atoms with van der Waals surface area (Å²) in [5.41, 5.74) is 2.34. The molecule has 19 heavy (non-hydrogen) atoms. The van der Waals surface area contributed by atoms with Crippen molar-refractivity contribution in [2.75, 3.05) is 6.54 Å². The van der Waals surface area contributed by atoms with Crippen molar-refractivity contribution in [3.05, 3.63) is 53.1 Å². The lowest BCUT2D eigenvalue weighted by Crippen LogP contribution is -2.20. The van der Waals surface area contributed by atoms with Crippen molar-refractivity contribution >= 4 is 11.6 Å². The van der Waals surface area contributed by atoms with E-state index in [1.807, 2.05) is 25.4 Å². The monoisotopic (exact) mass is 277 g/mol. The highest BCUT2D eigenvalue weighted by Gasteiger charge is 2.03. The third-order valence-electron chi connectivity index (χ3n) is 3.18. The second-order valence-electron chi connectivity index (χ2n) is 4.83. The van der Waals surface area contributed by atoms with Crippen LogP contribution < -0.4 is 5.32 Å². The molecule has 4 heteroatoms. The van der Waals surface area contributed by atoms with E-state index in [1.54, 1.807) is 0 Å². The number of halogens is 1. The van der Waals surface area contributed by atoms with E-state index in [2.05, 4.69) is 40.1 Å². The smallest absolute Gasteiger partial charge is 0.0949 e. The zero-order valence-corrected chi connectivity index (χ0v) is 12.2. The third kappa shape index (κ3) is 4.37. The summed E-state index contributed by atoms with van der Waals surface area (Å²) >= 11 is 5.88. The molecule has 0 aliphatic carbocycles. The van der Waals surface area contributed by atoms with Gasteiger partial charge in [-0.05, 0) is 44.5 Å². The molecule has 1 atom stereocenters. The number of nitrogens with one attached hydrogen (secondary N) is 1. The van der Waals surface area contributed by atoms with Crippen molar-refractivity contribution in [3.8, 4) is 0 Å². The molecule has 2 rings (SSSR count). The van der Waals surface area contributed by atoms with Crippen molar-refractivity contribution in [1.82, 2.24) is 14.9 Å². The number of aryl methyl sites for hydroxylation is 2. The Kier molecular flexibility index (Phi) is 5.00. The summed E-state index contributed by atoms with van der Waals surface area (Å²) < 4.78 is 2.13. The molecule has 0 saturated carbocycles. The fourth-order valence-corrected chi connectivity index (χ4v) is 2.17. The zero-order chi connectivity index (χ0) is 13.7. The Morgan fingerprint density at radius 2 is 2.05 bits per heavy atom. The lowest BCUT2D eigenvalue weighted by Gasteiger charge is -2.14. The van der Waals surface area contributed by atoms with Crippen molar-refractivity contribution in [1.29, 1.82) is 0 Å². The average Bonchev–Trinajstić information content (AvgIpc) is 2.81. The average molecular weight is 278 g/mol. The van der Waals surface area contributed by atoms with Crippen LogP contribution in [0.25, 0.3) is 0 Å². The maximum Gasteiger partial charge on any atom is 0.0949 e. The number of rotatable bonds is 6. The van der Waals surface area contributed by atoms with Gasteiger partial charge in [0.1, 0.15) is 0 Å². The van der Waals surface area contributed by atoms with Gasteiger partial charge in [-0.3, -0.25) is 0 Å². The van der Waals surface area contributed by atoms with Gasteiger partial charge in [-0.2, -0.15) is 0 Å². The molecule has 0 radical (unpaired) electrons. The van der Waals surface area contributed by atoms with E-state index in [9.17, 15) is 0 Å². The van der Waals surface area contributed by atoms with Crippen LogP contribution in [0.1, 0.15) is 30.6 Å². The number of nitrogens with zero attached hydrogens (tertiary/aromatic N) is 2. The minimum atomic E-state index is 0.349. The Balaban J connectivity index is 1.72. The summed E-state index contributed by atoms with van der Waals surface area (Å²) in [4.78, 5) is 4.22. The van der Waals surface area contributed by atoms with Gasteiger partial charge in [0.05, 0.1) is 12.0 Å². The molecule has 0 aliphatic heterocycles. The van der Waals surface area contributed by atoms with Gasteiger partial charge in [0.25, 0.3) is 0 Å². The highest BCUT2D eigenvalue weighted by Crippen LogP contribution is 2.15. The van der Waals surface area contributed by atoms with E-state index in [4.69, 9.17) is 11.6 Å². The Morgan fingerprint density at radius 1 is 1.32 bits per heavy atom. The SMILES string of the molecule is Cc1cn(CCCNC(C)c2ccc(Cl)cc2)cn1. The van der Waals surface area contributed by atoms with E-state index in [-0.39, 0.29) is 0 Å². The van der Waals surface area contributed by atoms with Gasteiger partial charge in [0.2, 0.25) is 0 Å². The number of aromatic nitrogens is 2. The first kappa shape index (κ1) is 14.1. The van der Waals surface area contributed by atoms with Crippen LogP contribution in [0.4, 0.5) is 0 Å². The van der Waals surface area contributed by atoms with E-state index in [0.29, 0.717) is 6.04 Å². The second-order valence-corrected chi connectivity index (χ2v) is 5.27. The molecule has 0 fully saturated rings. The maximum absolute atomic E-state index is 5.88. The van der Waals surface area contributed by atoms with Crippen molar-refractivity contribution in [2.24, 2.45) is 0 Å². The van der Waals surface area contributed by atoms with Crippen LogP contribution in [0.15, 0.2) is 36.8 Å². The van der Waals surface area contributed by atoms with Crippen LogP contribution >= 0.6 is 11.6 Å². The fraction of sp³-hybridized carbons (Fsp3) is 0.400. The molecule has 0 bridgehead atoms. The van der Waals surface area contributed by atoms with Crippen LogP contribution in [0.5, 0.6) is 0 Å². The van der Waals surface area contributed by atoms with Gasteiger partial charge in [-0.1, -0.05) is 23.7 Å². The second kappa shape index (κ2) is 6.73. The molecule has 0 aliphatic rings. The summed E-state index contributed by atoms with van der Waals surface area (Å²) in [6, 6.07) is 8.35. The van der Waals surface area contributed by atoms with Gasteiger partial charge in [-0.25, -0.2) is 4.98 Å². The van der Waals surface area contributed by atoms with Crippen molar-refractivity contribution in [3.63, 3.8) is 0 Å². The first-order valence-corrected chi connectivity index (χ1v) is 7.00. The predicted molar refractivity (Wildman–Crippen MR) is 79.5 cm³/mol. The van der Waals surface area contributed by atoms with E-state index >= 15 is 0 Å². The quantitative estimate of drug-likeness (QED) is 0.818. The topological polar surface area (TPSA) is 29.9 Å². The molecule has 1 aromatic heterocycles. The Morgan fingerprint density at radius 3 is 2.68 bits per heavy atom. The van der Waals surface area contributed by atoms with Crippen LogP contribution in [0.2, 0.25) is 5.02 Å². The highest BCUT2D eigenvalue weighted by molar-refractivity contribution is 6.30. The van der Waals surface area contributed by atoms with Crippen LogP contribution in [0.3, 0.4) is 0 Å². The molecule has 0 spiro atoms. The van der Waals surface area contributed by atoms with E-state index < -0.39 is 0 Å². The number of hydrogen-bond donors (Lipinski definition) is 1. The van der Waals surface area contributed by atoms with Gasteiger partial charge in [-0.15, -0.1) is 0 Å². The fourth-order valence-electron chi connectivity index (χ4n) is 2.04. The molecule has 0 saturated heterocycles. The van der Waals surface area contributed by atoms with Gasteiger partial charge in [0.15, 0.2) is 0 Å². The Hall–Kier alpha value is -1.32. The summed E-state index contributed by atoms with van der Waals surface area (Å²) in [7, 11) is 0. The summed E-state index contributed by atoms with van der Waals surface area (Å²) in [5.74, 6) is 0. The molecule has 0 amide bonds. The lowest BCUT2D eigenvalue weighted by molar-refractivity contribution is 0.526. The Labute approximate surface area is 119 Å². The number of hydrogen-bond acceptors (Lipinski definition) is 2. The lowest BCUT2D eigenvalue weighted by atomic mass is 10.1. The van der Waals surface area contributed by atoms with Crippen LogP contribution in [-0.4, -0.2) is 16.1 Å². The molecular formula is C15H20ClN3. The minimum Gasteiger partial charge on any atom is -0.337 e. The summed E-state index contributed by atoms with van der Waals surface area (Å²) in [6.07, 6.45) is 5.05. The van der Waals surface area contributed by atoms with Gasteiger partial charge < -0.3 is 9.88 Å². The molecule has 102 valence electrons. The zero-order valence-electron chi connectivity index (χ0n) is 11.4. The van der Waals surface area contributed by atoms with Crippen molar-refractivity contribution in [2.45, 2.75) is 32.9 Å². The number of imidazole rings is 1. The number of benzene rings is 1. The van der Waals surface area contributed by atoms with Gasteiger partial charge in [0, 0.05) is 23.8 Å². The molecule has 1 aromatic carbocycles. The standard InChI is InChI=1S/C15H20ClN3/c1-12-10-19(11-18-12)9-3-8-17-13(2)14-4-6-15(16)7-5-14/h4-7,10-11,13,17H,3,8-9H2,1-2H3. The maximum atomic E-state index is 5.88. The first-order chi connectivity index (χ1) is 9.15. The Bertz CT molecular complexity index is 504. The summed E-state index contributed by atoms with van der Waals surface area (Å²) in [5, 5.41) is 4.30. The summed E-state index contributed by atoms with van der Waals surface area (Å²) in [6.45, 7) is 6.17. The predicted octanol–water partition coefficient (Wildman–Crippen LogP) is 3.59. The first-order valence-electron chi connectivity index (χ1n) is 6.62. The van der Waals surface area contributed by atoms with Crippen LogP contribution in [0, 0.1) is 6.92 Å². The molecule has 1 heterocycles. The molecule has 2 aromatic rings. The van der Waals surface area contributed by atoms with Crippen LogP contribution in [-0.2, 0) is 6.54 Å². The minimum absolute atomic E-state index is 0.349. The van der Waals surface area contributed by atoms with E-state index in [0.717, 1.165) is 30.2 Å². The molecular weight excluding hydrogens is 258 g/mol. The largest absolute Gasteiger partial charge is 0.337 e. The molecule has 1 N–H and O–H groups in total. The molecule has 3 nitrogen and oxygen atoms in total. The van der Waals surface area contributed by atoms with Crippen molar-refractivity contribution < 1.29 is 0 Å². The highest BCUT2D eigenvalue weighted by atomic mass is 35.5. The van der Waals surface area contributed by atoms with E-state index in [1.165, 1.54) is 5.56 Å². The molecule has 1 unspecified atom stereocenters. The van der Waals surface area contributed by atoms with Gasteiger partial charge >= 0.3 is 0 Å².